The second-order valence-electron chi connectivity index (χ2n) is 6.66. The summed E-state index contributed by atoms with van der Waals surface area (Å²) in [6.45, 7) is -1.15. The van der Waals surface area contributed by atoms with E-state index in [0.717, 1.165) is 18.4 Å². The molecular weight excluding hydrogens is 503 g/mol. The van der Waals surface area contributed by atoms with E-state index < -0.39 is 50.9 Å². The SMILES string of the molecule is COC(=O)COc1cccc(/C=N\NC(=O)CN(c2ccc(Cl)c(C(F)(F)F)c2)S(C)(=O)=O)c1. The van der Waals surface area contributed by atoms with E-state index in [4.69, 9.17) is 16.3 Å². The molecule has 0 spiro atoms. The largest absolute Gasteiger partial charge is 0.482 e. The number of esters is 1. The highest BCUT2D eigenvalue weighted by Crippen LogP contribution is 2.37. The summed E-state index contributed by atoms with van der Waals surface area (Å²) in [6.07, 6.45) is -2.86. The van der Waals surface area contributed by atoms with Crippen molar-refractivity contribution in [3.8, 4) is 5.75 Å². The predicted molar refractivity (Wildman–Crippen MR) is 118 cm³/mol. The maximum atomic E-state index is 13.1. The number of sulfonamides is 1. The number of halogens is 4. The first kappa shape index (κ1) is 26.9. The van der Waals surface area contributed by atoms with Crippen LogP contribution in [0.4, 0.5) is 18.9 Å². The first-order valence-electron chi connectivity index (χ1n) is 9.27. The molecule has 2 rings (SSSR count). The van der Waals surface area contributed by atoms with Crippen LogP contribution in [0, 0.1) is 0 Å². The van der Waals surface area contributed by atoms with Crippen LogP contribution in [-0.4, -0.2) is 53.0 Å². The second kappa shape index (κ2) is 11.2. The summed E-state index contributed by atoms with van der Waals surface area (Å²) in [5, 5.41) is 3.09. The van der Waals surface area contributed by atoms with E-state index in [9.17, 15) is 31.2 Å². The normalized spacial score (nSPS) is 11.8. The van der Waals surface area contributed by atoms with E-state index in [1.54, 1.807) is 18.2 Å². The minimum atomic E-state index is -4.82. The Balaban J connectivity index is 2.11. The lowest BCUT2D eigenvalue weighted by Crippen LogP contribution is -2.39. The van der Waals surface area contributed by atoms with E-state index in [0.29, 0.717) is 21.7 Å². The van der Waals surface area contributed by atoms with Crippen LogP contribution in [-0.2, 0) is 30.5 Å². The van der Waals surface area contributed by atoms with E-state index in [1.165, 1.54) is 19.4 Å². The van der Waals surface area contributed by atoms with Crippen LogP contribution in [0.1, 0.15) is 11.1 Å². The van der Waals surface area contributed by atoms with Crippen LogP contribution >= 0.6 is 11.6 Å². The standard InChI is InChI=1S/C20H19ClF3N3O6S/c1-32-19(29)12-33-15-5-3-4-13(8-15)10-25-26-18(28)11-27(34(2,30)31)14-6-7-17(21)16(9-14)20(22,23)24/h3-10H,11-12H2,1-2H3,(H,26,28)/b25-10-. The third-order valence-corrected chi connectivity index (χ3v) is 5.55. The molecule has 0 aliphatic carbocycles. The molecule has 0 radical (unpaired) electrons. The first-order valence-corrected chi connectivity index (χ1v) is 11.5. The summed E-state index contributed by atoms with van der Waals surface area (Å²) in [6, 6.07) is 8.77. The van der Waals surface area contributed by atoms with Gasteiger partial charge in [0.15, 0.2) is 6.61 Å². The number of amides is 1. The first-order chi connectivity index (χ1) is 15.8. The van der Waals surface area contributed by atoms with E-state index in [1.807, 2.05) is 0 Å². The molecule has 14 heteroatoms. The number of hydrazone groups is 1. The number of rotatable bonds is 9. The Labute approximate surface area is 198 Å². The number of ether oxygens (including phenoxy) is 2. The zero-order valence-corrected chi connectivity index (χ0v) is 19.4. The fourth-order valence-electron chi connectivity index (χ4n) is 2.52. The van der Waals surface area contributed by atoms with Gasteiger partial charge in [0.25, 0.3) is 5.91 Å². The average molecular weight is 522 g/mol. The molecule has 0 unspecified atom stereocenters. The van der Waals surface area contributed by atoms with Crippen molar-refractivity contribution in [3.05, 3.63) is 58.6 Å². The monoisotopic (exact) mass is 521 g/mol. The minimum Gasteiger partial charge on any atom is -0.482 e. The number of alkyl halides is 3. The van der Waals surface area contributed by atoms with Gasteiger partial charge in [-0.25, -0.2) is 18.6 Å². The molecule has 0 atom stereocenters. The summed E-state index contributed by atoms with van der Waals surface area (Å²) in [5.74, 6) is -1.17. The molecule has 34 heavy (non-hydrogen) atoms. The highest BCUT2D eigenvalue weighted by atomic mass is 35.5. The van der Waals surface area contributed by atoms with Gasteiger partial charge in [0.1, 0.15) is 12.3 Å². The molecule has 0 saturated carbocycles. The van der Waals surface area contributed by atoms with E-state index >= 15 is 0 Å². The zero-order valence-electron chi connectivity index (χ0n) is 17.8. The Morgan fingerprint density at radius 1 is 1.21 bits per heavy atom. The molecule has 2 aromatic rings. The van der Waals surface area contributed by atoms with Crippen LogP contribution in [0.15, 0.2) is 47.6 Å². The second-order valence-corrected chi connectivity index (χ2v) is 8.98. The fourth-order valence-corrected chi connectivity index (χ4v) is 3.59. The summed E-state index contributed by atoms with van der Waals surface area (Å²) in [7, 11) is -2.92. The van der Waals surface area contributed by atoms with Gasteiger partial charge in [0.05, 0.1) is 35.9 Å². The minimum absolute atomic E-state index is 0.310. The van der Waals surface area contributed by atoms with Crippen LogP contribution in [0.2, 0.25) is 5.02 Å². The number of hydrogen-bond acceptors (Lipinski definition) is 7. The molecular formula is C20H19ClF3N3O6S. The molecule has 0 heterocycles. The van der Waals surface area contributed by atoms with Crippen molar-refractivity contribution in [3.63, 3.8) is 0 Å². The molecule has 1 N–H and O–H groups in total. The number of hydrogen-bond donors (Lipinski definition) is 1. The molecule has 184 valence electrons. The Bertz CT molecular complexity index is 1190. The summed E-state index contributed by atoms with van der Waals surface area (Å²) in [4.78, 5) is 23.4. The summed E-state index contributed by atoms with van der Waals surface area (Å²) >= 11 is 5.57. The average Bonchev–Trinajstić information content (AvgIpc) is 2.75. The third kappa shape index (κ3) is 7.92. The Morgan fingerprint density at radius 3 is 2.53 bits per heavy atom. The van der Waals surface area contributed by atoms with Crippen molar-refractivity contribution >= 4 is 45.4 Å². The van der Waals surface area contributed by atoms with Crippen molar-refractivity contribution in [2.24, 2.45) is 5.10 Å². The molecule has 0 aromatic heterocycles. The molecule has 0 aliphatic heterocycles. The van der Waals surface area contributed by atoms with E-state index in [-0.39, 0.29) is 6.61 Å². The maximum Gasteiger partial charge on any atom is 0.417 e. The summed E-state index contributed by atoms with van der Waals surface area (Å²) < 4.78 is 73.8. The number of anilines is 1. The highest BCUT2D eigenvalue weighted by Gasteiger charge is 2.34. The van der Waals surface area contributed by atoms with Gasteiger partial charge in [-0.15, -0.1) is 0 Å². The lowest BCUT2D eigenvalue weighted by molar-refractivity contribution is -0.143. The van der Waals surface area contributed by atoms with Crippen molar-refractivity contribution in [1.82, 2.24) is 5.43 Å². The number of carbonyl (C=O) groups is 2. The van der Waals surface area contributed by atoms with Crippen LogP contribution in [0.25, 0.3) is 0 Å². The van der Waals surface area contributed by atoms with Crippen molar-refractivity contribution in [1.29, 1.82) is 0 Å². The van der Waals surface area contributed by atoms with Crippen molar-refractivity contribution in [2.45, 2.75) is 6.18 Å². The predicted octanol–water partition coefficient (Wildman–Crippen LogP) is 2.83. The number of nitrogens with one attached hydrogen (secondary N) is 1. The Kier molecular flexibility index (Phi) is 8.87. The number of methoxy groups -OCH3 is 1. The summed E-state index contributed by atoms with van der Waals surface area (Å²) in [5.41, 5.74) is 0.930. The number of carbonyl (C=O) groups excluding carboxylic acids is 2. The van der Waals surface area contributed by atoms with Gasteiger partial charge >= 0.3 is 12.1 Å². The number of benzene rings is 2. The van der Waals surface area contributed by atoms with Gasteiger partial charge in [-0.2, -0.15) is 18.3 Å². The molecule has 9 nitrogen and oxygen atoms in total. The molecule has 0 saturated heterocycles. The van der Waals surface area contributed by atoms with Crippen LogP contribution in [0.3, 0.4) is 0 Å². The molecule has 0 aliphatic rings. The lowest BCUT2D eigenvalue weighted by atomic mass is 10.2. The third-order valence-electron chi connectivity index (χ3n) is 4.08. The Hall–Kier alpha value is -3.32. The van der Waals surface area contributed by atoms with Crippen LogP contribution in [0.5, 0.6) is 5.75 Å². The Morgan fingerprint density at radius 2 is 1.91 bits per heavy atom. The zero-order chi connectivity index (χ0) is 25.5. The van der Waals surface area contributed by atoms with Gasteiger partial charge < -0.3 is 9.47 Å². The van der Waals surface area contributed by atoms with Crippen LogP contribution < -0.4 is 14.5 Å². The fraction of sp³-hybridized carbons (Fsp3) is 0.250. The molecule has 1 amide bonds. The lowest BCUT2D eigenvalue weighted by Gasteiger charge is -2.22. The molecule has 0 fully saturated rings. The molecule has 2 aromatic carbocycles. The van der Waals surface area contributed by atoms with Crippen molar-refractivity contribution in [2.75, 3.05) is 30.8 Å². The quantitative estimate of drug-likeness (QED) is 0.308. The van der Waals surface area contributed by atoms with Gasteiger partial charge in [-0.05, 0) is 35.9 Å². The smallest absolute Gasteiger partial charge is 0.417 e. The number of nitrogens with zero attached hydrogens (tertiary/aromatic N) is 2. The van der Waals surface area contributed by atoms with Gasteiger partial charge in [-0.3, -0.25) is 9.10 Å². The van der Waals surface area contributed by atoms with Gasteiger partial charge in [0.2, 0.25) is 10.0 Å². The maximum absolute atomic E-state index is 13.1. The van der Waals surface area contributed by atoms with Gasteiger partial charge in [-0.1, -0.05) is 23.7 Å². The highest BCUT2D eigenvalue weighted by molar-refractivity contribution is 7.92. The topological polar surface area (TPSA) is 114 Å². The van der Waals surface area contributed by atoms with E-state index in [2.05, 4.69) is 15.3 Å². The molecule has 0 bridgehead atoms. The van der Waals surface area contributed by atoms with Gasteiger partial charge in [0, 0.05) is 0 Å². The van der Waals surface area contributed by atoms with Crippen molar-refractivity contribution < 1.29 is 40.7 Å².